The van der Waals surface area contributed by atoms with Crippen LogP contribution in [0.25, 0.3) is 5.52 Å². The number of aromatic nitrogens is 3. The molecule has 0 atom stereocenters. The number of fused-ring (bicyclic) bond motifs is 1. The zero-order chi connectivity index (χ0) is 10.3. The van der Waals surface area contributed by atoms with Crippen molar-refractivity contribution in [2.24, 2.45) is 0 Å². The highest BCUT2D eigenvalue weighted by molar-refractivity contribution is 5.46. The molecule has 2 aromatic heterocycles. The molecule has 2 aromatic rings. The molecule has 2 rings (SSSR count). The first-order valence-electron chi connectivity index (χ1n) is 4.56. The van der Waals surface area contributed by atoms with Crippen LogP contribution in [0.2, 0.25) is 0 Å². The first-order chi connectivity index (χ1) is 6.48. The maximum atomic E-state index is 11.4. The van der Waals surface area contributed by atoms with Gasteiger partial charge in [-0.05, 0) is 6.07 Å². The van der Waals surface area contributed by atoms with Gasteiger partial charge in [0.1, 0.15) is 5.52 Å². The van der Waals surface area contributed by atoms with E-state index in [1.54, 1.807) is 16.9 Å². The maximum absolute atomic E-state index is 11.4. The normalized spacial score (nSPS) is 12.2. The summed E-state index contributed by atoms with van der Waals surface area (Å²) in [6.45, 7) is 6.22. The second kappa shape index (κ2) is 2.70. The van der Waals surface area contributed by atoms with Crippen LogP contribution >= 0.6 is 0 Å². The minimum Gasteiger partial charge on any atom is -0.326 e. The predicted molar refractivity (Wildman–Crippen MR) is 54.5 cm³/mol. The largest absolute Gasteiger partial charge is 0.326 e. The van der Waals surface area contributed by atoms with Crippen LogP contribution in [0.15, 0.2) is 23.3 Å². The quantitative estimate of drug-likeness (QED) is 0.682. The average Bonchev–Trinajstić information content (AvgIpc) is 2.48. The molecule has 0 spiro atoms. The molecule has 0 saturated heterocycles. The monoisotopic (exact) mass is 191 g/mol. The lowest BCUT2D eigenvalue weighted by Gasteiger charge is -2.13. The van der Waals surface area contributed by atoms with Gasteiger partial charge in [0.05, 0.1) is 5.69 Å². The molecule has 0 aliphatic carbocycles. The Morgan fingerprint density at radius 2 is 2.14 bits per heavy atom. The summed E-state index contributed by atoms with van der Waals surface area (Å²) in [5, 5.41) is 4.34. The maximum Gasteiger partial charge on any atom is 0.273 e. The molecule has 0 radical (unpaired) electrons. The first kappa shape index (κ1) is 8.99. The van der Waals surface area contributed by atoms with Crippen molar-refractivity contribution in [3.8, 4) is 0 Å². The van der Waals surface area contributed by atoms with Gasteiger partial charge in [-0.25, -0.2) is 4.52 Å². The third kappa shape index (κ3) is 1.32. The third-order valence-electron chi connectivity index (χ3n) is 2.17. The molecule has 0 saturated carbocycles. The van der Waals surface area contributed by atoms with Gasteiger partial charge in [-0.15, -0.1) is 0 Å². The molecule has 0 unspecified atom stereocenters. The number of aromatic amines is 1. The van der Waals surface area contributed by atoms with Crippen LogP contribution < -0.4 is 5.56 Å². The Bertz CT molecular complexity index is 516. The topological polar surface area (TPSA) is 50.2 Å². The average molecular weight is 191 g/mol. The fourth-order valence-electron chi connectivity index (χ4n) is 1.30. The molecular weight excluding hydrogens is 178 g/mol. The molecule has 14 heavy (non-hydrogen) atoms. The number of hydrogen-bond acceptors (Lipinski definition) is 2. The van der Waals surface area contributed by atoms with E-state index in [9.17, 15) is 4.79 Å². The van der Waals surface area contributed by atoms with Gasteiger partial charge in [-0.1, -0.05) is 20.8 Å². The van der Waals surface area contributed by atoms with E-state index in [0.29, 0.717) is 5.52 Å². The Kier molecular flexibility index (Phi) is 1.74. The Hall–Kier alpha value is -1.58. The molecule has 0 aromatic carbocycles. The second-order valence-corrected chi connectivity index (χ2v) is 4.40. The highest BCUT2D eigenvalue weighted by Gasteiger charge is 2.18. The summed E-state index contributed by atoms with van der Waals surface area (Å²) in [6.07, 6.45) is 3.33. The van der Waals surface area contributed by atoms with Crippen LogP contribution in [-0.4, -0.2) is 14.6 Å². The Balaban J connectivity index is 2.75. The molecule has 0 amide bonds. The summed E-state index contributed by atoms with van der Waals surface area (Å²) in [4.78, 5) is 14.0. The Morgan fingerprint density at radius 3 is 2.71 bits per heavy atom. The standard InChI is InChI=1S/C10H13N3O/c1-10(2,3)8-6-7-9(14)11-4-5-13(7)12-8/h4-6H,1-3H3,(H,11,14). The van der Waals surface area contributed by atoms with E-state index in [2.05, 4.69) is 30.9 Å². The highest BCUT2D eigenvalue weighted by atomic mass is 16.1. The van der Waals surface area contributed by atoms with Crippen molar-refractivity contribution < 1.29 is 0 Å². The molecule has 1 N–H and O–H groups in total. The lowest BCUT2D eigenvalue weighted by molar-refractivity contribution is 0.562. The number of hydrogen-bond donors (Lipinski definition) is 1. The van der Waals surface area contributed by atoms with Crippen molar-refractivity contribution in [1.82, 2.24) is 14.6 Å². The zero-order valence-electron chi connectivity index (χ0n) is 8.53. The van der Waals surface area contributed by atoms with Crippen LogP contribution in [0.3, 0.4) is 0 Å². The van der Waals surface area contributed by atoms with Gasteiger partial charge in [-0.2, -0.15) is 5.10 Å². The summed E-state index contributed by atoms with van der Waals surface area (Å²) >= 11 is 0. The van der Waals surface area contributed by atoms with Crippen molar-refractivity contribution >= 4 is 5.52 Å². The van der Waals surface area contributed by atoms with E-state index in [1.807, 2.05) is 6.07 Å². The van der Waals surface area contributed by atoms with Crippen LogP contribution in [0.4, 0.5) is 0 Å². The Labute approximate surface area is 81.6 Å². The highest BCUT2D eigenvalue weighted by Crippen LogP contribution is 2.20. The molecule has 0 aliphatic rings. The van der Waals surface area contributed by atoms with Gasteiger partial charge in [0, 0.05) is 17.8 Å². The van der Waals surface area contributed by atoms with Crippen LogP contribution in [0.5, 0.6) is 0 Å². The number of rotatable bonds is 0. The van der Waals surface area contributed by atoms with E-state index in [0.717, 1.165) is 5.69 Å². The molecule has 2 heterocycles. The van der Waals surface area contributed by atoms with Gasteiger partial charge < -0.3 is 4.98 Å². The summed E-state index contributed by atoms with van der Waals surface area (Å²) in [5.74, 6) is 0. The smallest absolute Gasteiger partial charge is 0.273 e. The van der Waals surface area contributed by atoms with Gasteiger partial charge in [-0.3, -0.25) is 4.79 Å². The number of nitrogens with one attached hydrogen (secondary N) is 1. The summed E-state index contributed by atoms with van der Waals surface area (Å²) in [6, 6.07) is 1.83. The van der Waals surface area contributed by atoms with E-state index < -0.39 is 0 Å². The van der Waals surface area contributed by atoms with Crippen molar-refractivity contribution in [3.63, 3.8) is 0 Å². The minimum atomic E-state index is -0.101. The summed E-state index contributed by atoms with van der Waals surface area (Å²) in [7, 11) is 0. The van der Waals surface area contributed by atoms with Crippen LogP contribution in [-0.2, 0) is 5.41 Å². The van der Waals surface area contributed by atoms with Gasteiger partial charge in [0.25, 0.3) is 5.56 Å². The lowest BCUT2D eigenvalue weighted by atomic mass is 9.92. The molecule has 4 heteroatoms. The van der Waals surface area contributed by atoms with Crippen molar-refractivity contribution in [3.05, 3.63) is 34.5 Å². The zero-order valence-corrected chi connectivity index (χ0v) is 8.53. The predicted octanol–water partition coefficient (Wildman–Crippen LogP) is 1.32. The number of H-pyrrole nitrogens is 1. The minimum absolute atomic E-state index is 0.0293. The molecular formula is C10H13N3O. The molecule has 0 fully saturated rings. The second-order valence-electron chi connectivity index (χ2n) is 4.40. The van der Waals surface area contributed by atoms with Crippen LogP contribution in [0.1, 0.15) is 26.5 Å². The molecule has 4 nitrogen and oxygen atoms in total. The van der Waals surface area contributed by atoms with Gasteiger partial charge >= 0.3 is 0 Å². The molecule has 74 valence electrons. The van der Waals surface area contributed by atoms with Crippen molar-refractivity contribution in [2.45, 2.75) is 26.2 Å². The molecule has 0 aliphatic heterocycles. The first-order valence-corrected chi connectivity index (χ1v) is 4.56. The van der Waals surface area contributed by atoms with Gasteiger partial charge in [0.15, 0.2) is 0 Å². The molecule has 0 bridgehead atoms. The third-order valence-corrected chi connectivity index (χ3v) is 2.17. The lowest BCUT2D eigenvalue weighted by Crippen LogP contribution is -2.11. The number of nitrogens with zero attached hydrogens (tertiary/aromatic N) is 2. The van der Waals surface area contributed by atoms with Crippen LogP contribution in [0, 0.1) is 0 Å². The van der Waals surface area contributed by atoms with Gasteiger partial charge in [0.2, 0.25) is 0 Å². The van der Waals surface area contributed by atoms with E-state index in [4.69, 9.17) is 0 Å². The van der Waals surface area contributed by atoms with Crippen molar-refractivity contribution in [2.75, 3.05) is 0 Å². The fraction of sp³-hybridized carbons (Fsp3) is 0.400. The van der Waals surface area contributed by atoms with E-state index in [1.165, 1.54) is 0 Å². The summed E-state index contributed by atoms with van der Waals surface area (Å²) < 4.78 is 1.61. The SMILES string of the molecule is CC(C)(C)c1cc2c(=O)[nH]ccn2n1. The van der Waals surface area contributed by atoms with E-state index in [-0.39, 0.29) is 11.0 Å². The summed E-state index contributed by atoms with van der Waals surface area (Å²) in [5.41, 5.74) is 1.39. The van der Waals surface area contributed by atoms with E-state index >= 15 is 0 Å². The van der Waals surface area contributed by atoms with Crippen molar-refractivity contribution in [1.29, 1.82) is 0 Å². The fourth-order valence-corrected chi connectivity index (χ4v) is 1.30. The Morgan fingerprint density at radius 1 is 1.43 bits per heavy atom.